The van der Waals surface area contributed by atoms with Gasteiger partial charge in [0.1, 0.15) is 11.5 Å². The zero-order valence-corrected chi connectivity index (χ0v) is 19.6. The number of rotatable bonds is 7. The van der Waals surface area contributed by atoms with E-state index in [9.17, 15) is 24.6 Å². The van der Waals surface area contributed by atoms with E-state index < -0.39 is 18.0 Å². The molecule has 2 fully saturated rings. The number of aliphatic hydroxyl groups is 1. The number of thioether (sulfide) groups is 1. The third kappa shape index (κ3) is 4.07. The van der Waals surface area contributed by atoms with Gasteiger partial charge < -0.3 is 15.1 Å². The SMILES string of the molecule is CC(=O)C1CC(SC2=C(C(=O)O)N3C(=O)C(C(C)O)C3C2C)CN1Cc1ccc(C#N)cc1. The molecule has 1 aromatic rings. The fraction of sp³-hybridized carbons (Fsp3) is 0.500. The molecule has 0 aromatic heterocycles. The van der Waals surface area contributed by atoms with Crippen molar-refractivity contribution in [3.05, 3.63) is 46.0 Å². The summed E-state index contributed by atoms with van der Waals surface area (Å²) in [6, 6.07) is 8.76. The number of amides is 1. The molecule has 2 N–H and O–H groups in total. The molecule has 0 saturated carbocycles. The van der Waals surface area contributed by atoms with Crippen molar-refractivity contribution >= 4 is 29.4 Å². The number of hydrogen-bond donors (Lipinski definition) is 2. The van der Waals surface area contributed by atoms with Crippen LogP contribution >= 0.6 is 11.8 Å². The molecule has 0 aliphatic carbocycles. The van der Waals surface area contributed by atoms with Gasteiger partial charge in [-0.25, -0.2) is 4.79 Å². The summed E-state index contributed by atoms with van der Waals surface area (Å²) < 4.78 is 0. The number of carbonyl (C=O) groups is 3. The number of carboxylic acid groups (broad SMARTS) is 1. The first-order chi connectivity index (χ1) is 15.6. The van der Waals surface area contributed by atoms with E-state index in [1.165, 1.54) is 16.7 Å². The number of nitrogens with zero attached hydrogens (tertiary/aromatic N) is 3. The summed E-state index contributed by atoms with van der Waals surface area (Å²) >= 11 is 1.45. The van der Waals surface area contributed by atoms with Crippen molar-refractivity contribution in [1.29, 1.82) is 5.26 Å². The van der Waals surface area contributed by atoms with E-state index in [1.807, 2.05) is 19.1 Å². The van der Waals surface area contributed by atoms with Crippen molar-refractivity contribution in [1.82, 2.24) is 9.80 Å². The van der Waals surface area contributed by atoms with Gasteiger partial charge in [0.05, 0.1) is 35.7 Å². The van der Waals surface area contributed by atoms with Crippen LogP contribution in [-0.2, 0) is 20.9 Å². The predicted molar refractivity (Wildman–Crippen MR) is 122 cm³/mol. The Balaban J connectivity index is 1.53. The Kier molecular flexibility index (Phi) is 6.36. The normalized spacial score (nSPS) is 30.1. The fourth-order valence-electron chi connectivity index (χ4n) is 5.32. The topological polar surface area (TPSA) is 122 Å². The molecular weight excluding hydrogens is 442 g/mol. The number of nitriles is 1. The molecule has 1 aromatic carbocycles. The van der Waals surface area contributed by atoms with E-state index in [0.717, 1.165) is 5.56 Å². The minimum atomic E-state index is -1.14. The lowest BCUT2D eigenvalue weighted by Crippen LogP contribution is -2.63. The number of β-lactam (4-membered cyclic amide) rings is 1. The molecule has 0 bridgehead atoms. The average molecular weight is 470 g/mol. The van der Waals surface area contributed by atoms with Crippen LogP contribution in [-0.4, -0.2) is 67.7 Å². The largest absolute Gasteiger partial charge is 0.477 e. The number of carbonyl (C=O) groups excluding carboxylic acids is 2. The number of benzene rings is 1. The number of aliphatic carboxylic acids is 1. The van der Waals surface area contributed by atoms with Crippen molar-refractivity contribution < 1.29 is 24.6 Å². The van der Waals surface area contributed by atoms with Crippen molar-refractivity contribution in [2.45, 2.75) is 57.2 Å². The molecule has 174 valence electrons. The van der Waals surface area contributed by atoms with Gasteiger partial charge in [-0.05, 0) is 38.0 Å². The highest BCUT2D eigenvalue weighted by Crippen LogP contribution is 2.52. The Bertz CT molecular complexity index is 1060. The summed E-state index contributed by atoms with van der Waals surface area (Å²) in [5, 5.41) is 28.9. The standard InChI is InChI=1S/C24H27N3O5S/c1-12-20-19(14(3)29)23(30)27(20)21(24(31)32)22(12)33-17-8-18(13(2)28)26(11-17)10-16-6-4-15(9-25)5-7-16/h4-7,12,14,17-20,29H,8,10-11H2,1-3H3,(H,31,32). The average Bonchev–Trinajstić information content (AvgIpc) is 3.26. The lowest BCUT2D eigenvalue weighted by atomic mass is 9.79. The van der Waals surface area contributed by atoms with Crippen LogP contribution in [0.5, 0.6) is 0 Å². The van der Waals surface area contributed by atoms with E-state index >= 15 is 0 Å². The molecule has 3 aliphatic rings. The molecule has 2 saturated heterocycles. The van der Waals surface area contributed by atoms with E-state index in [1.54, 1.807) is 26.0 Å². The van der Waals surface area contributed by atoms with Gasteiger partial charge in [0.2, 0.25) is 5.91 Å². The number of carboxylic acids is 1. The Labute approximate surface area is 196 Å². The number of hydrogen-bond acceptors (Lipinski definition) is 7. The lowest BCUT2D eigenvalue weighted by molar-refractivity contribution is -0.163. The minimum Gasteiger partial charge on any atom is -0.477 e. The summed E-state index contributed by atoms with van der Waals surface area (Å²) in [5.74, 6) is -2.20. The molecule has 6 atom stereocenters. The van der Waals surface area contributed by atoms with Crippen LogP contribution in [0.2, 0.25) is 0 Å². The maximum Gasteiger partial charge on any atom is 0.353 e. The summed E-state index contributed by atoms with van der Waals surface area (Å²) in [6.07, 6.45) is -0.241. The molecule has 6 unspecified atom stereocenters. The van der Waals surface area contributed by atoms with Gasteiger partial charge in [0.15, 0.2) is 0 Å². The molecule has 3 aliphatic heterocycles. The molecule has 33 heavy (non-hydrogen) atoms. The number of Topliss-reactive ketones (excluding diaryl/α,β-unsaturated/α-hetero) is 1. The second-order valence-corrected chi connectivity index (χ2v) is 10.5. The molecule has 0 radical (unpaired) electrons. The van der Waals surface area contributed by atoms with Crippen LogP contribution in [0.4, 0.5) is 0 Å². The Morgan fingerprint density at radius 3 is 2.52 bits per heavy atom. The predicted octanol–water partition coefficient (Wildman–Crippen LogP) is 1.98. The lowest BCUT2D eigenvalue weighted by Gasteiger charge is -2.46. The number of likely N-dealkylation sites (tertiary alicyclic amines) is 1. The molecule has 3 heterocycles. The maximum atomic E-state index is 12.6. The van der Waals surface area contributed by atoms with Gasteiger partial charge in [0, 0.05) is 29.2 Å². The van der Waals surface area contributed by atoms with Crippen LogP contribution in [0, 0.1) is 23.2 Å². The van der Waals surface area contributed by atoms with Crippen LogP contribution in [0.1, 0.15) is 38.3 Å². The first-order valence-corrected chi connectivity index (χ1v) is 11.9. The van der Waals surface area contributed by atoms with E-state index in [2.05, 4.69) is 11.0 Å². The zero-order chi connectivity index (χ0) is 24.0. The summed E-state index contributed by atoms with van der Waals surface area (Å²) in [7, 11) is 0. The summed E-state index contributed by atoms with van der Waals surface area (Å²) in [5.41, 5.74) is 1.60. The van der Waals surface area contributed by atoms with Crippen molar-refractivity contribution in [3.63, 3.8) is 0 Å². The molecule has 9 heteroatoms. The highest BCUT2D eigenvalue weighted by molar-refractivity contribution is 8.03. The molecule has 0 spiro atoms. The van der Waals surface area contributed by atoms with E-state index in [0.29, 0.717) is 30.0 Å². The molecule has 1 amide bonds. The molecular formula is C24H27N3O5S. The molecule has 8 nitrogen and oxygen atoms in total. The van der Waals surface area contributed by atoms with Crippen LogP contribution in [0.25, 0.3) is 0 Å². The highest BCUT2D eigenvalue weighted by atomic mass is 32.2. The Hall–Kier alpha value is -2.67. The minimum absolute atomic E-state index is 0.00267. The first kappa shape index (κ1) is 23.5. The second-order valence-electron chi connectivity index (χ2n) is 9.11. The quantitative estimate of drug-likeness (QED) is 0.582. The van der Waals surface area contributed by atoms with Gasteiger partial charge in [-0.15, -0.1) is 11.8 Å². The van der Waals surface area contributed by atoms with Gasteiger partial charge in [-0.3, -0.25) is 14.5 Å². The molecule has 4 rings (SSSR count). The van der Waals surface area contributed by atoms with Gasteiger partial charge in [0.25, 0.3) is 0 Å². The summed E-state index contributed by atoms with van der Waals surface area (Å²) in [6.45, 7) is 6.21. The van der Waals surface area contributed by atoms with Crippen molar-refractivity contribution in [2.75, 3.05) is 6.54 Å². The third-order valence-corrected chi connectivity index (χ3v) is 8.40. The first-order valence-electron chi connectivity index (χ1n) is 11.0. The van der Waals surface area contributed by atoms with Gasteiger partial charge in [-0.2, -0.15) is 5.26 Å². The number of aliphatic hydroxyl groups excluding tert-OH is 1. The summed E-state index contributed by atoms with van der Waals surface area (Å²) in [4.78, 5) is 41.1. The zero-order valence-electron chi connectivity index (χ0n) is 18.8. The van der Waals surface area contributed by atoms with Gasteiger partial charge >= 0.3 is 5.97 Å². The maximum absolute atomic E-state index is 12.6. The van der Waals surface area contributed by atoms with Crippen LogP contribution in [0.3, 0.4) is 0 Å². The highest BCUT2D eigenvalue weighted by Gasteiger charge is 2.60. The fourth-order valence-corrected chi connectivity index (χ4v) is 6.88. The van der Waals surface area contributed by atoms with E-state index in [4.69, 9.17) is 5.26 Å². The van der Waals surface area contributed by atoms with Gasteiger partial charge in [-0.1, -0.05) is 19.1 Å². The van der Waals surface area contributed by atoms with Crippen molar-refractivity contribution in [3.8, 4) is 6.07 Å². The smallest absolute Gasteiger partial charge is 0.353 e. The third-order valence-electron chi connectivity index (χ3n) is 6.91. The van der Waals surface area contributed by atoms with Crippen LogP contribution < -0.4 is 0 Å². The Morgan fingerprint density at radius 1 is 1.30 bits per heavy atom. The van der Waals surface area contributed by atoms with E-state index in [-0.39, 0.29) is 40.6 Å². The second kappa shape index (κ2) is 8.93. The number of fused-ring (bicyclic) bond motifs is 1. The Morgan fingerprint density at radius 2 is 1.97 bits per heavy atom. The van der Waals surface area contributed by atoms with Crippen LogP contribution in [0.15, 0.2) is 34.9 Å². The number of ketones is 1. The monoisotopic (exact) mass is 469 g/mol. The van der Waals surface area contributed by atoms with Crippen molar-refractivity contribution in [2.24, 2.45) is 11.8 Å².